The summed E-state index contributed by atoms with van der Waals surface area (Å²) < 4.78 is 12.7. The molecule has 102 valence electrons. The number of ether oxygens (including phenoxy) is 1. The average Bonchev–Trinajstić information content (AvgIpc) is 3.17. The number of fused-ring (bicyclic) bond motifs is 1. The largest absolute Gasteiger partial charge is 0.381 e. The molecule has 0 N–H and O–H groups in total. The highest BCUT2D eigenvalue weighted by Crippen LogP contribution is 2.25. The van der Waals surface area contributed by atoms with Gasteiger partial charge in [-0.15, -0.1) is 0 Å². The van der Waals surface area contributed by atoms with Gasteiger partial charge in [0.1, 0.15) is 5.65 Å². The molecule has 0 spiro atoms. The maximum atomic E-state index is 5.37. The Morgan fingerprint density at radius 1 is 1.25 bits per heavy atom. The van der Waals surface area contributed by atoms with Crippen molar-refractivity contribution in [1.82, 2.24) is 19.5 Å². The van der Waals surface area contributed by atoms with Gasteiger partial charge < -0.3 is 13.7 Å². The third-order valence-corrected chi connectivity index (χ3v) is 3.56. The lowest BCUT2D eigenvalue weighted by molar-refractivity contribution is 0.192. The van der Waals surface area contributed by atoms with Gasteiger partial charge in [0.05, 0.1) is 17.9 Å². The van der Waals surface area contributed by atoms with Crippen LogP contribution in [-0.2, 0) is 4.74 Å². The van der Waals surface area contributed by atoms with Crippen LogP contribution in [0.1, 0.15) is 23.9 Å². The fourth-order valence-electron chi connectivity index (χ4n) is 2.50. The van der Waals surface area contributed by atoms with Gasteiger partial charge >= 0.3 is 0 Å². The molecule has 0 saturated carbocycles. The highest BCUT2D eigenvalue weighted by atomic mass is 16.5. The van der Waals surface area contributed by atoms with Crippen molar-refractivity contribution in [2.45, 2.75) is 19.3 Å². The highest BCUT2D eigenvalue weighted by molar-refractivity contribution is 5.56. The van der Waals surface area contributed by atoms with Crippen LogP contribution in [0.15, 0.2) is 29.0 Å². The molecule has 0 bridgehead atoms. The van der Waals surface area contributed by atoms with E-state index in [1.807, 2.05) is 35.9 Å². The van der Waals surface area contributed by atoms with Crippen molar-refractivity contribution in [3.05, 3.63) is 36.0 Å². The Morgan fingerprint density at radius 2 is 2.20 bits per heavy atom. The van der Waals surface area contributed by atoms with Crippen molar-refractivity contribution in [1.29, 1.82) is 0 Å². The topological polar surface area (TPSA) is 65.5 Å². The van der Waals surface area contributed by atoms with Crippen LogP contribution < -0.4 is 0 Å². The molecule has 0 aliphatic carbocycles. The summed E-state index contributed by atoms with van der Waals surface area (Å²) in [7, 11) is 0. The van der Waals surface area contributed by atoms with Crippen molar-refractivity contribution in [3.63, 3.8) is 0 Å². The molecule has 1 saturated heterocycles. The highest BCUT2D eigenvalue weighted by Gasteiger charge is 2.23. The van der Waals surface area contributed by atoms with E-state index < -0.39 is 0 Å². The molecule has 0 radical (unpaired) electrons. The predicted octanol–water partition coefficient (Wildman–Crippen LogP) is 2.20. The number of nitrogens with zero attached hydrogens (tertiary/aromatic N) is 4. The number of aromatic nitrogens is 4. The molecular weight excluding hydrogens is 256 g/mol. The second kappa shape index (κ2) is 4.42. The maximum absolute atomic E-state index is 5.37. The number of imidazole rings is 1. The summed E-state index contributed by atoms with van der Waals surface area (Å²) in [5, 5.41) is 4.07. The normalized spacial score (nSPS) is 18.9. The Kier molecular flexibility index (Phi) is 2.56. The first kappa shape index (κ1) is 11.6. The molecule has 0 aromatic carbocycles. The van der Waals surface area contributed by atoms with Gasteiger partial charge in [0, 0.05) is 24.9 Å². The van der Waals surface area contributed by atoms with E-state index in [0.717, 1.165) is 35.8 Å². The summed E-state index contributed by atoms with van der Waals surface area (Å²) in [5.41, 5.74) is 2.79. The number of aryl methyl sites for hydroxylation is 1. The number of hydrogen-bond acceptors (Lipinski definition) is 5. The van der Waals surface area contributed by atoms with Crippen molar-refractivity contribution in [2.75, 3.05) is 13.2 Å². The van der Waals surface area contributed by atoms with Gasteiger partial charge in [0.15, 0.2) is 5.82 Å². The summed E-state index contributed by atoms with van der Waals surface area (Å²) in [6.07, 6.45) is 4.89. The van der Waals surface area contributed by atoms with Crippen molar-refractivity contribution in [3.8, 4) is 11.5 Å². The molecule has 6 heteroatoms. The zero-order valence-electron chi connectivity index (χ0n) is 11.1. The van der Waals surface area contributed by atoms with Crippen LogP contribution in [0.3, 0.4) is 0 Å². The van der Waals surface area contributed by atoms with Crippen LogP contribution in [-0.4, -0.2) is 32.7 Å². The summed E-state index contributed by atoms with van der Waals surface area (Å²) in [6.45, 7) is 3.42. The molecule has 0 amide bonds. The van der Waals surface area contributed by atoms with Crippen LogP contribution in [0.4, 0.5) is 0 Å². The molecular formula is C14H14N4O2. The minimum Gasteiger partial charge on any atom is -0.381 e. The van der Waals surface area contributed by atoms with Gasteiger partial charge in [-0.3, -0.25) is 0 Å². The van der Waals surface area contributed by atoms with Crippen LogP contribution in [0.25, 0.3) is 17.1 Å². The fraction of sp³-hybridized carbons (Fsp3) is 0.357. The van der Waals surface area contributed by atoms with E-state index in [1.54, 1.807) is 0 Å². The summed E-state index contributed by atoms with van der Waals surface area (Å²) in [5.74, 6) is 1.53. The third kappa shape index (κ3) is 1.89. The molecule has 1 atom stereocenters. The molecule has 20 heavy (non-hydrogen) atoms. The molecule has 3 aromatic heterocycles. The lowest BCUT2D eigenvalue weighted by Crippen LogP contribution is -1.99. The van der Waals surface area contributed by atoms with E-state index in [1.165, 1.54) is 0 Å². The number of hydrogen-bond donors (Lipinski definition) is 0. The Bertz CT molecular complexity index is 755. The Labute approximate surface area is 115 Å². The first-order valence-corrected chi connectivity index (χ1v) is 6.67. The summed E-state index contributed by atoms with van der Waals surface area (Å²) >= 11 is 0. The second-order valence-electron chi connectivity index (χ2n) is 5.08. The fourth-order valence-corrected chi connectivity index (χ4v) is 2.50. The van der Waals surface area contributed by atoms with Crippen LogP contribution in [0, 0.1) is 6.92 Å². The molecule has 6 nitrogen and oxygen atoms in total. The summed E-state index contributed by atoms with van der Waals surface area (Å²) in [6, 6.07) is 3.90. The van der Waals surface area contributed by atoms with E-state index in [-0.39, 0.29) is 5.92 Å². The minimum atomic E-state index is 0.256. The van der Waals surface area contributed by atoms with E-state index in [0.29, 0.717) is 12.5 Å². The van der Waals surface area contributed by atoms with Crippen molar-refractivity contribution < 1.29 is 9.26 Å². The van der Waals surface area contributed by atoms with Crippen LogP contribution >= 0.6 is 0 Å². The zero-order valence-corrected chi connectivity index (χ0v) is 11.1. The SMILES string of the molecule is Cc1cn2cc(-c3nc([C@@H]4CCOC4)no3)ccc2n1. The molecule has 1 fully saturated rings. The van der Waals surface area contributed by atoms with Gasteiger partial charge in [-0.05, 0) is 25.5 Å². The third-order valence-electron chi connectivity index (χ3n) is 3.56. The first-order chi connectivity index (χ1) is 9.79. The molecule has 0 unspecified atom stereocenters. The quantitative estimate of drug-likeness (QED) is 0.714. The van der Waals surface area contributed by atoms with Crippen LogP contribution in [0.5, 0.6) is 0 Å². The number of pyridine rings is 1. The zero-order chi connectivity index (χ0) is 13.5. The molecule has 4 rings (SSSR count). The molecule has 1 aliphatic rings. The van der Waals surface area contributed by atoms with Crippen molar-refractivity contribution in [2.24, 2.45) is 0 Å². The summed E-state index contributed by atoms with van der Waals surface area (Å²) in [4.78, 5) is 8.88. The lowest BCUT2D eigenvalue weighted by Gasteiger charge is -1.98. The monoisotopic (exact) mass is 270 g/mol. The van der Waals surface area contributed by atoms with Gasteiger partial charge in [-0.1, -0.05) is 5.16 Å². The van der Waals surface area contributed by atoms with Crippen LogP contribution in [0.2, 0.25) is 0 Å². The van der Waals surface area contributed by atoms with E-state index in [9.17, 15) is 0 Å². The molecule has 1 aliphatic heterocycles. The van der Waals surface area contributed by atoms with Gasteiger partial charge in [0.2, 0.25) is 0 Å². The second-order valence-corrected chi connectivity index (χ2v) is 5.08. The van der Waals surface area contributed by atoms with E-state index in [2.05, 4.69) is 15.1 Å². The lowest BCUT2D eigenvalue weighted by atomic mass is 10.1. The van der Waals surface area contributed by atoms with Crippen molar-refractivity contribution >= 4 is 5.65 Å². The van der Waals surface area contributed by atoms with E-state index >= 15 is 0 Å². The molecule has 4 heterocycles. The maximum Gasteiger partial charge on any atom is 0.259 e. The average molecular weight is 270 g/mol. The smallest absolute Gasteiger partial charge is 0.259 e. The minimum absolute atomic E-state index is 0.256. The predicted molar refractivity (Wildman–Crippen MR) is 71.4 cm³/mol. The molecule has 3 aromatic rings. The first-order valence-electron chi connectivity index (χ1n) is 6.67. The van der Waals surface area contributed by atoms with E-state index in [4.69, 9.17) is 9.26 Å². The number of rotatable bonds is 2. The van der Waals surface area contributed by atoms with Gasteiger partial charge in [-0.25, -0.2) is 4.98 Å². The Morgan fingerprint density at radius 3 is 3.05 bits per heavy atom. The standard InChI is InChI=1S/C14H14N4O2/c1-9-6-18-7-10(2-3-12(18)15-9)14-16-13(17-20-14)11-4-5-19-8-11/h2-3,6-7,11H,4-5,8H2,1H3/t11-/m1/s1. The van der Waals surface area contributed by atoms with Gasteiger partial charge in [-0.2, -0.15) is 4.98 Å². The Balaban J connectivity index is 1.71. The van der Waals surface area contributed by atoms with Gasteiger partial charge in [0.25, 0.3) is 5.89 Å². The Hall–Kier alpha value is -2.21.